The molecular weight excluding hydrogens is 172 g/mol. The predicted molar refractivity (Wildman–Crippen MR) is 59.2 cm³/mol. The lowest BCUT2D eigenvalue weighted by Crippen LogP contribution is -2.54. The molecule has 1 aromatic carbocycles. The second kappa shape index (κ2) is 3.71. The van der Waals surface area contributed by atoms with E-state index in [4.69, 9.17) is 5.73 Å². The molecule has 1 aromatic rings. The lowest BCUT2D eigenvalue weighted by molar-refractivity contribution is 0.142. The Kier molecular flexibility index (Phi) is 2.57. The van der Waals surface area contributed by atoms with E-state index in [0.717, 1.165) is 19.6 Å². The minimum atomic E-state index is 0.404. The zero-order valence-electron chi connectivity index (χ0n) is 8.96. The molecule has 2 rings (SSSR count). The van der Waals surface area contributed by atoms with Crippen LogP contribution in [0, 0.1) is 13.8 Å². The quantitative estimate of drug-likeness (QED) is 0.764. The Morgan fingerprint density at radius 2 is 2.00 bits per heavy atom. The zero-order chi connectivity index (χ0) is 10.1. The van der Waals surface area contributed by atoms with Gasteiger partial charge in [0.2, 0.25) is 0 Å². The smallest absolute Gasteiger partial charge is 0.0297 e. The van der Waals surface area contributed by atoms with Crippen LogP contribution in [0.4, 0.5) is 0 Å². The summed E-state index contributed by atoms with van der Waals surface area (Å²) in [4.78, 5) is 2.38. The highest BCUT2D eigenvalue weighted by atomic mass is 15.2. The molecule has 0 aliphatic carbocycles. The first kappa shape index (κ1) is 9.69. The summed E-state index contributed by atoms with van der Waals surface area (Å²) in [5, 5.41) is 0. The van der Waals surface area contributed by atoms with Gasteiger partial charge < -0.3 is 5.73 Å². The summed E-state index contributed by atoms with van der Waals surface area (Å²) in [6.45, 7) is 7.47. The minimum Gasteiger partial charge on any atom is -0.325 e. The number of hydrogen-bond acceptors (Lipinski definition) is 2. The van der Waals surface area contributed by atoms with Crippen LogP contribution in [0.1, 0.15) is 16.7 Å². The van der Waals surface area contributed by atoms with Gasteiger partial charge in [0.25, 0.3) is 0 Å². The third-order valence-electron chi connectivity index (χ3n) is 2.96. The molecule has 2 nitrogen and oxygen atoms in total. The summed E-state index contributed by atoms with van der Waals surface area (Å²) in [5.41, 5.74) is 9.89. The van der Waals surface area contributed by atoms with Gasteiger partial charge in [0.05, 0.1) is 0 Å². The van der Waals surface area contributed by atoms with Crippen LogP contribution >= 0.6 is 0 Å². The number of likely N-dealkylation sites (tertiary alicyclic amines) is 1. The first-order chi connectivity index (χ1) is 6.65. The van der Waals surface area contributed by atoms with Crippen molar-refractivity contribution in [1.82, 2.24) is 4.90 Å². The second-order valence-electron chi connectivity index (χ2n) is 4.37. The molecule has 76 valence electrons. The molecule has 14 heavy (non-hydrogen) atoms. The van der Waals surface area contributed by atoms with Gasteiger partial charge in [-0.3, -0.25) is 4.90 Å². The second-order valence-corrected chi connectivity index (χ2v) is 4.37. The summed E-state index contributed by atoms with van der Waals surface area (Å²) in [6.07, 6.45) is 0. The van der Waals surface area contributed by atoms with Gasteiger partial charge >= 0.3 is 0 Å². The maximum Gasteiger partial charge on any atom is 0.0297 e. The topological polar surface area (TPSA) is 29.3 Å². The standard InChI is InChI=1S/C12H18N2/c1-9-3-4-11(5-10(9)2)6-14-7-12(13)8-14/h3-5,12H,6-8,13H2,1-2H3. The number of rotatable bonds is 2. The van der Waals surface area contributed by atoms with E-state index < -0.39 is 0 Å². The van der Waals surface area contributed by atoms with E-state index in [-0.39, 0.29) is 0 Å². The highest BCUT2D eigenvalue weighted by molar-refractivity contribution is 5.29. The molecule has 0 amide bonds. The molecule has 0 atom stereocenters. The number of hydrogen-bond donors (Lipinski definition) is 1. The summed E-state index contributed by atoms with van der Waals surface area (Å²) < 4.78 is 0. The Labute approximate surface area is 85.7 Å². The van der Waals surface area contributed by atoms with Crippen molar-refractivity contribution in [2.45, 2.75) is 26.4 Å². The average Bonchev–Trinajstić information content (AvgIpc) is 2.09. The Balaban J connectivity index is 2.00. The summed E-state index contributed by atoms with van der Waals surface area (Å²) in [5.74, 6) is 0. The monoisotopic (exact) mass is 190 g/mol. The van der Waals surface area contributed by atoms with Crippen LogP contribution in [-0.2, 0) is 6.54 Å². The molecule has 1 heterocycles. The Morgan fingerprint density at radius 3 is 2.57 bits per heavy atom. The Morgan fingerprint density at radius 1 is 1.29 bits per heavy atom. The molecule has 0 spiro atoms. The van der Waals surface area contributed by atoms with Gasteiger partial charge in [0.15, 0.2) is 0 Å². The lowest BCUT2D eigenvalue weighted by Gasteiger charge is -2.36. The van der Waals surface area contributed by atoms with E-state index in [2.05, 4.69) is 36.9 Å². The van der Waals surface area contributed by atoms with Crippen molar-refractivity contribution in [1.29, 1.82) is 0 Å². The van der Waals surface area contributed by atoms with Crippen molar-refractivity contribution in [3.8, 4) is 0 Å². The molecule has 2 N–H and O–H groups in total. The molecule has 0 unspecified atom stereocenters. The van der Waals surface area contributed by atoms with E-state index in [0.29, 0.717) is 6.04 Å². The van der Waals surface area contributed by atoms with Gasteiger partial charge in [-0.05, 0) is 30.5 Å². The fourth-order valence-electron chi connectivity index (χ4n) is 1.90. The van der Waals surface area contributed by atoms with Gasteiger partial charge in [-0.25, -0.2) is 0 Å². The van der Waals surface area contributed by atoms with Crippen molar-refractivity contribution in [3.63, 3.8) is 0 Å². The van der Waals surface area contributed by atoms with E-state index >= 15 is 0 Å². The van der Waals surface area contributed by atoms with Gasteiger partial charge in [-0.2, -0.15) is 0 Å². The molecule has 1 aliphatic rings. The molecule has 0 radical (unpaired) electrons. The maximum absolute atomic E-state index is 5.73. The van der Waals surface area contributed by atoms with Crippen LogP contribution in [0.25, 0.3) is 0 Å². The fourth-order valence-corrected chi connectivity index (χ4v) is 1.90. The van der Waals surface area contributed by atoms with Crippen LogP contribution in [0.5, 0.6) is 0 Å². The molecule has 2 heteroatoms. The molecule has 1 fully saturated rings. The van der Waals surface area contributed by atoms with E-state index in [1.165, 1.54) is 16.7 Å². The number of benzene rings is 1. The molecular formula is C12H18N2. The zero-order valence-corrected chi connectivity index (χ0v) is 8.96. The minimum absolute atomic E-state index is 0.404. The van der Waals surface area contributed by atoms with Crippen molar-refractivity contribution >= 4 is 0 Å². The third kappa shape index (κ3) is 1.97. The third-order valence-corrected chi connectivity index (χ3v) is 2.96. The SMILES string of the molecule is Cc1ccc(CN2CC(N)C2)cc1C. The number of nitrogens with zero attached hydrogens (tertiary/aromatic N) is 1. The molecule has 0 aromatic heterocycles. The van der Waals surface area contributed by atoms with Crippen LogP contribution < -0.4 is 5.73 Å². The Bertz CT molecular complexity index is 327. The number of aryl methyl sites for hydroxylation is 2. The highest BCUT2D eigenvalue weighted by Crippen LogP contribution is 2.15. The Hall–Kier alpha value is -0.860. The molecule has 0 saturated carbocycles. The normalized spacial score (nSPS) is 18.2. The van der Waals surface area contributed by atoms with Crippen LogP contribution in [0.3, 0.4) is 0 Å². The molecule has 1 aliphatic heterocycles. The summed E-state index contributed by atoms with van der Waals surface area (Å²) in [7, 11) is 0. The van der Waals surface area contributed by atoms with Gasteiger partial charge in [-0.15, -0.1) is 0 Å². The van der Waals surface area contributed by atoms with Crippen molar-refractivity contribution in [3.05, 3.63) is 34.9 Å². The van der Waals surface area contributed by atoms with Gasteiger partial charge in [-0.1, -0.05) is 18.2 Å². The first-order valence-electron chi connectivity index (χ1n) is 5.19. The lowest BCUT2D eigenvalue weighted by atomic mass is 10.0. The van der Waals surface area contributed by atoms with Gasteiger partial charge in [0.1, 0.15) is 0 Å². The highest BCUT2D eigenvalue weighted by Gasteiger charge is 2.22. The average molecular weight is 190 g/mol. The number of nitrogens with two attached hydrogens (primary N) is 1. The van der Waals surface area contributed by atoms with E-state index in [1.54, 1.807) is 0 Å². The van der Waals surface area contributed by atoms with Crippen LogP contribution in [0.2, 0.25) is 0 Å². The van der Waals surface area contributed by atoms with Crippen LogP contribution in [-0.4, -0.2) is 24.0 Å². The largest absolute Gasteiger partial charge is 0.325 e. The van der Waals surface area contributed by atoms with Crippen molar-refractivity contribution in [2.75, 3.05) is 13.1 Å². The fraction of sp³-hybridized carbons (Fsp3) is 0.500. The van der Waals surface area contributed by atoms with Crippen LogP contribution in [0.15, 0.2) is 18.2 Å². The summed E-state index contributed by atoms with van der Waals surface area (Å²) in [6, 6.07) is 7.09. The predicted octanol–water partition coefficient (Wildman–Crippen LogP) is 1.45. The molecule has 1 saturated heterocycles. The first-order valence-corrected chi connectivity index (χ1v) is 5.19. The van der Waals surface area contributed by atoms with Crippen molar-refractivity contribution in [2.24, 2.45) is 5.73 Å². The maximum atomic E-state index is 5.73. The summed E-state index contributed by atoms with van der Waals surface area (Å²) >= 11 is 0. The van der Waals surface area contributed by atoms with E-state index in [1.807, 2.05) is 0 Å². The van der Waals surface area contributed by atoms with Crippen molar-refractivity contribution < 1.29 is 0 Å². The van der Waals surface area contributed by atoms with E-state index in [9.17, 15) is 0 Å². The van der Waals surface area contributed by atoms with Gasteiger partial charge in [0, 0.05) is 25.7 Å². The molecule has 0 bridgehead atoms.